The fraction of sp³-hybridized carbons (Fsp3) is 0.300. The second kappa shape index (κ2) is 4.77. The molecule has 1 aromatic carbocycles. The van der Waals surface area contributed by atoms with Crippen LogP contribution in [0.5, 0.6) is 5.75 Å². The third kappa shape index (κ3) is 2.49. The van der Waals surface area contributed by atoms with Crippen LogP contribution in [-0.2, 0) is 0 Å². The van der Waals surface area contributed by atoms with E-state index in [0.717, 1.165) is 0 Å². The second-order valence-corrected chi connectivity index (χ2v) is 3.40. The van der Waals surface area contributed by atoms with Crippen LogP contribution in [0, 0.1) is 15.9 Å². The molecule has 6 nitrogen and oxygen atoms in total. The summed E-state index contributed by atoms with van der Waals surface area (Å²) >= 11 is 0. The molecule has 1 amide bonds. The molecule has 92 valence electrons. The van der Waals surface area contributed by atoms with E-state index < -0.39 is 28.1 Å². The van der Waals surface area contributed by atoms with Gasteiger partial charge in [0.15, 0.2) is 11.6 Å². The highest BCUT2D eigenvalue weighted by Crippen LogP contribution is 2.27. The number of nitro groups is 1. The van der Waals surface area contributed by atoms with E-state index in [0.29, 0.717) is 18.7 Å². The summed E-state index contributed by atoms with van der Waals surface area (Å²) in [5.41, 5.74) is -0.996. The van der Waals surface area contributed by atoms with Gasteiger partial charge in [0.05, 0.1) is 11.0 Å². The average molecular weight is 242 g/mol. The van der Waals surface area contributed by atoms with Gasteiger partial charge in [-0.05, 0) is 13.0 Å². The maximum absolute atomic E-state index is 13.1. The molecule has 1 N–H and O–H groups in total. The molecule has 0 bridgehead atoms. The van der Waals surface area contributed by atoms with Gasteiger partial charge in [-0.3, -0.25) is 14.9 Å². The number of hydrogen-bond acceptors (Lipinski definition) is 4. The first-order valence-electron chi connectivity index (χ1n) is 4.80. The van der Waals surface area contributed by atoms with Crippen LogP contribution in [-0.4, -0.2) is 34.4 Å². The molecule has 7 heteroatoms. The number of nitrogens with zero attached hydrogens (tertiary/aromatic N) is 2. The lowest BCUT2D eigenvalue weighted by atomic mass is 10.1. The van der Waals surface area contributed by atoms with Crippen LogP contribution in [0.3, 0.4) is 0 Å². The molecule has 0 aliphatic rings. The molecule has 17 heavy (non-hydrogen) atoms. The van der Waals surface area contributed by atoms with E-state index in [4.69, 9.17) is 5.11 Å². The van der Waals surface area contributed by atoms with Gasteiger partial charge in [0.25, 0.3) is 11.6 Å². The molecule has 0 atom stereocenters. The van der Waals surface area contributed by atoms with Crippen LogP contribution in [0.2, 0.25) is 0 Å². The number of rotatable bonds is 3. The van der Waals surface area contributed by atoms with Crippen molar-refractivity contribution in [2.75, 3.05) is 13.6 Å². The van der Waals surface area contributed by atoms with Gasteiger partial charge in [-0.2, -0.15) is 0 Å². The number of aromatic hydroxyl groups is 1. The van der Waals surface area contributed by atoms with Crippen molar-refractivity contribution in [1.82, 2.24) is 4.90 Å². The van der Waals surface area contributed by atoms with E-state index >= 15 is 0 Å². The number of carbonyl (C=O) groups excluding carboxylic acids is 1. The molecule has 0 fully saturated rings. The molecule has 0 heterocycles. The number of carbonyl (C=O) groups is 1. The molecule has 1 rings (SSSR count). The van der Waals surface area contributed by atoms with Crippen molar-refractivity contribution in [3.63, 3.8) is 0 Å². The maximum atomic E-state index is 13.1. The molecular formula is C10H11FN2O4. The zero-order valence-corrected chi connectivity index (χ0v) is 9.31. The van der Waals surface area contributed by atoms with Crippen LogP contribution < -0.4 is 0 Å². The molecule has 1 aromatic rings. The Labute approximate surface area is 96.4 Å². The topological polar surface area (TPSA) is 83.7 Å². The lowest BCUT2D eigenvalue weighted by Gasteiger charge is -2.14. The summed E-state index contributed by atoms with van der Waals surface area (Å²) in [6.45, 7) is 2.01. The maximum Gasteiger partial charge on any atom is 0.286 e. The van der Waals surface area contributed by atoms with E-state index in [1.165, 1.54) is 11.9 Å². The third-order valence-electron chi connectivity index (χ3n) is 2.31. The first-order valence-corrected chi connectivity index (χ1v) is 4.80. The second-order valence-electron chi connectivity index (χ2n) is 3.40. The number of phenols is 1. The minimum absolute atomic E-state index is 0.332. The van der Waals surface area contributed by atoms with Crippen molar-refractivity contribution in [3.8, 4) is 5.75 Å². The number of hydrogen-bond donors (Lipinski definition) is 1. The Morgan fingerprint density at radius 2 is 2.18 bits per heavy atom. The minimum atomic E-state index is -1.07. The van der Waals surface area contributed by atoms with E-state index in [9.17, 15) is 19.3 Å². The SMILES string of the molecule is CCN(C)C(=O)c1cc(F)c(O)cc1[N+](=O)[O-]. The first-order chi connectivity index (χ1) is 7.88. The standard InChI is InChI=1S/C10H11FN2O4/c1-3-12(2)10(15)6-4-7(11)9(14)5-8(6)13(16)17/h4-5,14H,3H2,1-2H3. The predicted octanol–water partition coefficient (Wildman–Crippen LogP) is 1.53. The van der Waals surface area contributed by atoms with Crippen LogP contribution in [0.4, 0.5) is 10.1 Å². The zero-order chi connectivity index (χ0) is 13.2. The van der Waals surface area contributed by atoms with Gasteiger partial charge in [0.1, 0.15) is 5.56 Å². The van der Waals surface area contributed by atoms with E-state index in [1.54, 1.807) is 6.92 Å². The molecule has 0 aromatic heterocycles. The summed E-state index contributed by atoms with van der Waals surface area (Å²) < 4.78 is 13.1. The van der Waals surface area contributed by atoms with Crippen LogP contribution in [0.25, 0.3) is 0 Å². The van der Waals surface area contributed by atoms with Gasteiger partial charge in [0.2, 0.25) is 0 Å². The molecule has 0 radical (unpaired) electrons. The van der Waals surface area contributed by atoms with Gasteiger partial charge in [0, 0.05) is 13.6 Å². The van der Waals surface area contributed by atoms with Crippen LogP contribution in [0.15, 0.2) is 12.1 Å². The fourth-order valence-corrected chi connectivity index (χ4v) is 1.22. The predicted molar refractivity (Wildman–Crippen MR) is 57.4 cm³/mol. The summed E-state index contributed by atoms with van der Waals surface area (Å²) in [5.74, 6) is -2.59. The summed E-state index contributed by atoms with van der Waals surface area (Å²) in [5, 5.41) is 19.7. The number of benzene rings is 1. The van der Waals surface area contributed by atoms with E-state index in [-0.39, 0.29) is 5.56 Å². The Balaban J connectivity index is 3.36. The monoisotopic (exact) mass is 242 g/mol. The summed E-state index contributed by atoms with van der Waals surface area (Å²) in [6.07, 6.45) is 0. The minimum Gasteiger partial charge on any atom is -0.505 e. The van der Waals surface area contributed by atoms with Gasteiger partial charge in [-0.25, -0.2) is 4.39 Å². The Morgan fingerprint density at radius 3 is 2.65 bits per heavy atom. The zero-order valence-electron chi connectivity index (χ0n) is 9.31. The molecule has 0 saturated heterocycles. The lowest BCUT2D eigenvalue weighted by Crippen LogP contribution is -2.27. The van der Waals surface area contributed by atoms with Gasteiger partial charge in [-0.15, -0.1) is 0 Å². The molecule has 0 aliphatic carbocycles. The fourth-order valence-electron chi connectivity index (χ4n) is 1.22. The molecular weight excluding hydrogens is 231 g/mol. The summed E-state index contributed by atoms with van der Waals surface area (Å²) in [4.78, 5) is 22.8. The van der Waals surface area contributed by atoms with Crippen molar-refractivity contribution in [2.45, 2.75) is 6.92 Å². The van der Waals surface area contributed by atoms with E-state index in [1.807, 2.05) is 0 Å². The Bertz CT molecular complexity index is 476. The summed E-state index contributed by atoms with van der Waals surface area (Å²) in [6, 6.07) is 1.30. The van der Waals surface area contributed by atoms with E-state index in [2.05, 4.69) is 0 Å². The Kier molecular flexibility index (Phi) is 3.62. The number of phenolic OH excluding ortho intramolecular Hbond substituents is 1. The lowest BCUT2D eigenvalue weighted by molar-refractivity contribution is -0.385. The average Bonchev–Trinajstić information content (AvgIpc) is 2.29. The van der Waals surface area contributed by atoms with Crippen molar-refractivity contribution in [1.29, 1.82) is 0 Å². The highest BCUT2D eigenvalue weighted by atomic mass is 19.1. The first kappa shape index (κ1) is 12.9. The third-order valence-corrected chi connectivity index (χ3v) is 2.31. The smallest absolute Gasteiger partial charge is 0.286 e. The molecule has 0 saturated carbocycles. The molecule has 0 spiro atoms. The van der Waals surface area contributed by atoms with Crippen LogP contribution >= 0.6 is 0 Å². The van der Waals surface area contributed by atoms with Gasteiger partial charge in [-0.1, -0.05) is 0 Å². The molecule has 0 unspecified atom stereocenters. The van der Waals surface area contributed by atoms with Crippen molar-refractivity contribution < 1.29 is 19.2 Å². The molecule has 0 aliphatic heterocycles. The van der Waals surface area contributed by atoms with Gasteiger partial charge >= 0.3 is 0 Å². The van der Waals surface area contributed by atoms with Crippen molar-refractivity contribution in [2.24, 2.45) is 0 Å². The van der Waals surface area contributed by atoms with Gasteiger partial charge < -0.3 is 10.0 Å². The highest BCUT2D eigenvalue weighted by molar-refractivity contribution is 5.98. The summed E-state index contributed by atoms with van der Waals surface area (Å²) in [7, 11) is 1.44. The highest BCUT2D eigenvalue weighted by Gasteiger charge is 2.25. The normalized spacial score (nSPS) is 10.1. The Hall–Kier alpha value is -2.18. The largest absolute Gasteiger partial charge is 0.505 e. The van der Waals surface area contributed by atoms with Crippen molar-refractivity contribution >= 4 is 11.6 Å². The number of nitro benzene ring substituents is 1. The van der Waals surface area contributed by atoms with Crippen LogP contribution in [0.1, 0.15) is 17.3 Å². The van der Waals surface area contributed by atoms with Crippen molar-refractivity contribution in [3.05, 3.63) is 33.6 Å². The number of amides is 1. The Morgan fingerprint density at radius 1 is 1.59 bits per heavy atom. The quantitative estimate of drug-likeness (QED) is 0.643. The number of halogens is 1.